The highest BCUT2D eigenvalue weighted by molar-refractivity contribution is 7.07. The number of hydrogen-bond donors (Lipinski definition) is 1. The van der Waals surface area contributed by atoms with Gasteiger partial charge in [0.25, 0.3) is 5.56 Å². The number of benzene rings is 2. The summed E-state index contributed by atoms with van der Waals surface area (Å²) in [5.74, 6) is 0.246. The van der Waals surface area contributed by atoms with Gasteiger partial charge in [-0.05, 0) is 57.5 Å². The summed E-state index contributed by atoms with van der Waals surface area (Å²) in [5, 5.41) is 1.03. The van der Waals surface area contributed by atoms with E-state index in [4.69, 9.17) is 9.47 Å². The zero-order valence-electron chi connectivity index (χ0n) is 20.6. The normalized spacial score (nSPS) is 15.8. The third kappa shape index (κ3) is 4.28. The van der Waals surface area contributed by atoms with E-state index >= 15 is 0 Å². The van der Waals surface area contributed by atoms with E-state index in [1.54, 1.807) is 18.4 Å². The van der Waals surface area contributed by atoms with Crippen LogP contribution in [0.4, 0.5) is 0 Å². The third-order valence-electron chi connectivity index (χ3n) is 5.99. The first-order chi connectivity index (χ1) is 17.4. The van der Waals surface area contributed by atoms with E-state index < -0.39 is 12.0 Å². The van der Waals surface area contributed by atoms with Crippen LogP contribution in [0.25, 0.3) is 17.0 Å². The lowest BCUT2D eigenvalue weighted by atomic mass is 9.96. The molecule has 0 bridgehead atoms. The summed E-state index contributed by atoms with van der Waals surface area (Å²) in [6, 6.07) is 14.8. The maximum Gasteiger partial charge on any atom is 0.338 e. The molecule has 3 heterocycles. The lowest BCUT2D eigenvalue weighted by molar-refractivity contribution is -0.139. The first kappa shape index (κ1) is 23.8. The summed E-state index contributed by atoms with van der Waals surface area (Å²) in [5.41, 5.74) is 3.40. The number of nitrogens with zero attached hydrogens (tertiary/aromatic N) is 2. The Morgan fingerprint density at radius 3 is 2.67 bits per heavy atom. The van der Waals surface area contributed by atoms with Crippen LogP contribution in [0.3, 0.4) is 0 Å². The minimum absolute atomic E-state index is 0.0373. The van der Waals surface area contributed by atoms with Crippen molar-refractivity contribution in [1.82, 2.24) is 9.55 Å². The number of thiazole rings is 1. The lowest BCUT2D eigenvalue weighted by Gasteiger charge is -2.25. The van der Waals surface area contributed by atoms with Crippen LogP contribution >= 0.6 is 11.3 Å². The van der Waals surface area contributed by atoms with Crippen LogP contribution in [-0.2, 0) is 9.53 Å². The number of ether oxygens (including phenoxy) is 2. The minimum atomic E-state index is -0.654. The summed E-state index contributed by atoms with van der Waals surface area (Å²) in [6.45, 7) is 7.70. The smallest absolute Gasteiger partial charge is 0.338 e. The Hall–Kier alpha value is -3.91. The molecule has 7 nitrogen and oxygen atoms in total. The fourth-order valence-electron chi connectivity index (χ4n) is 4.46. The number of rotatable bonds is 6. The van der Waals surface area contributed by atoms with Gasteiger partial charge in [-0.2, -0.15) is 0 Å². The van der Waals surface area contributed by atoms with Crippen molar-refractivity contribution >= 4 is 34.3 Å². The maximum absolute atomic E-state index is 13.8. The summed E-state index contributed by atoms with van der Waals surface area (Å²) < 4.78 is 13.3. The fourth-order valence-corrected chi connectivity index (χ4v) is 5.50. The molecule has 0 aliphatic carbocycles. The largest absolute Gasteiger partial charge is 0.491 e. The van der Waals surface area contributed by atoms with E-state index in [9.17, 15) is 9.59 Å². The number of hydrogen-bond acceptors (Lipinski definition) is 6. The molecular formula is C28H27N3O4S. The van der Waals surface area contributed by atoms with Gasteiger partial charge in [-0.25, -0.2) is 9.79 Å². The molecule has 184 valence electrons. The molecule has 0 amide bonds. The second-order valence-electron chi connectivity index (χ2n) is 8.83. The number of H-pyrrole nitrogens is 1. The molecule has 2 aromatic carbocycles. The molecule has 4 aromatic rings. The molecule has 0 saturated heterocycles. The average Bonchev–Trinajstić information content (AvgIpc) is 3.39. The van der Waals surface area contributed by atoms with Gasteiger partial charge >= 0.3 is 5.97 Å². The summed E-state index contributed by atoms with van der Waals surface area (Å²) in [6.07, 6.45) is 3.81. The van der Waals surface area contributed by atoms with Crippen molar-refractivity contribution in [2.24, 2.45) is 4.99 Å². The number of aromatic amines is 1. The van der Waals surface area contributed by atoms with Gasteiger partial charge in [-0.3, -0.25) is 9.36 Å². The third-order valence-corrected chi connectivity index (χ3v) is 6.98. The molecule has 1 aliphatic rings. The Kier molecular flexibility index (Phi) is 6.36. The fraction of sp³-hybridized carbons (Fsp3) is 0.250. The van der Waals surface area contributed by atoms with Crippen LogP contribution in [-0.4, -0.2) is 28.2 Å². The molecule has 1 unspecified atom stereocenters. The van der Waals surface area contributed by atoms with Crippen molar-refractivity contribution in [2.45, 2.75) is 39.8 Å². The van der Waals surface area contributed by atoms with Crippen molar-refractivity contribution in [3.05, 3.63) is 96.8 Å². The van der Waals surface area contributed by atoms with Crippen molar-refractivity contribution < 1.29 is 14.3 Å². The number of fused-ring (bicyclic) bond motifs is 2. The van der Waals surface area contributed by atoms with E-state index in [0.29, 0.717) is 20.6 Å². The monoisotopic (exact) mass is 501 g/mol. The summed E-state index contributed by atoms with van der Waals surface area (Å²) in [7, 11) is 0. The molecule has 36 heavy (non-hydrogen) atoms. The second-order valence-corrected chi connectivity index (χ2v) is 9.84. The average molecular weight is 502 g/mol. The van der Waals surface area contributed by atoms with Gasteiger partial charge in [0.15, 0.2) is 4.80 Å². The van der Waals surface area contributed by atoms with E-state index in [1.165, 1.54) is 11.3 Å². The van der Waals surface area contributed by atoms with Crippen LogP contribution in [0.15, 0.2) is 75.8 Å². The molecule has 8 heteroatoms. The minimum Gasteiger partial charge on any atom is -0.491 e. The van der Waals surface area contributed by atoms with E-state index in [0.717, 1.165) is 27.8 Å². The molecular weight excluding hydrogens is 474 g/mol. The topological polar surface area (TPSA) is 85.7 Å². The quantitative estimate of drug-likeness (QED) is 0.404. The van der Waals surface area contributed by atoms with Gasteiger partial charge in [0, 0.05) is 22.7 Å². The standard InChI is InChI=1S/C28H27N3O4S/c1-5-34-27(33)24-17(4)30-28-31(25(24)18-10-12-20(13-11-18)35-16(2)3)26(32)23(36-28)14-19-15-29-22-9-7-6-8-21(19)22/h6-16,25,29H,5H2,1-4H3. The van der Waals surface area contributed by atoms with Crippen LogP contribution in [0.2, 0.25) is 0 Å². The van der Waals surface area contributed by atoms with Crippen LogP contribution < -0.4 is 19.6 Å². The summed E-state index contributed by atoms with van der Waals surface area (Å²) >= 11 is 1.31. The molecule has 5 rings (SSSR count). The number of carbonyl (C=O) groups is 1. The van der Waals surface area contributed by atoms with E-state index in [-0.39, 0.29) is 18.3 Å². The highest BCUT2D eigenvalue weighted by Gasteiger charge is 2.33. The Balaban J connectivity index is 1.68. The number of carbonyl (C=O) groups excluding carboxylic acids is 1. The number of aromatic nitrogens is 2. The maximum atomic E-state index is 13.8. The highest BCUT2D eigenvalue weighted by Crippen LogP contribution is 2.31. The van der Waals surface area contributed by atoms with Gasteiger partial charge in [-0.15, -0.1) is 0 Å². The highest BCUT2D eigenvalue weighted by atomic mass is 32.1. The first-order valence-corrected chi connectivity index (χ1v) is 12.7. The number of esters is 1. The zero-order valence-corrected chi connectivity index (χ0v) is 21.4. The van der Waals surface area contributed by atoms with Gasteiger partial charge in [0.2, 0.25) is 0 Å². The van der Waals surface area contributed by atoms with Crippen molar-refractivity contribution in [3.63, 3.8) is 0 Å². The zero-order chi connectivity index (χ0) is 25.4. The molecule has 0 saturated carbocycles. The van der Waals surface area contributed by atoms with Crippen molar-refractivity contribution in [1.29, 1.82) is 0 Å². The van der Waals surface area contributed by atoms with Crippen molar-refractivity contribution in [3.8, 4) is 5.75 Å². The Labute approximate surface area is 212 Å². The number of nitrogens with one attached hydrogen (secondary N) is 1. The van der Waals surface area contributed by atoms with Crippen molar-refractivity contribution in [2.75, 3.05) is 6.61 Å². The van der Waals surface area contributed by atoms with E-state index in [1.807, 2.05) is 74.7 Å². The molecule has 1 N–H and O–H groups in total. The molecule has 0 fully saturated rings. The molecule has 1 aliphatic heterocycles. The molecule has 1 atom stereocenters. The van der Waals surface area contributed by atoms with Crippen LogP contribution in [0.5, 0.6) is 5.75 Å². The Bertz CT molecular complexity index is 1660. The molecule has 0 radical (unpaired) electrons. The SMILES string of the molecule is CCOC(=O)C1=C(C)N=c2sc(=Cc3c[nH]c4ccccc34)c(=O)n2C1c1ccc(OC(C)C)cc1. The number of para-hydroxylation sites is 1. The molecule has 2 aromatic heterocycles. The predicted molar refractivity (Wildman–Crippen MR) is 141 cm³/mol. The van der Waals surface area contributed by atoms with E-state index in [2.05, 4.69) is 9.98 Å². The van der Waals surface area contributed by atoms with Crippen LogP contribution in [0, 0.1) is 0 Å². The second kappa shape index (κ2) is 9.62. The van der Waals surface area contributed by atoms with Gasteiger partial charge in [0.1, 0.15) is 5.75 Å². The Morgan fingerprint density at radius 2 is 1.94 bits per heavy atom. The molecule has 0 spiro atoms. The van der Waals surface area contributed by atoms with Crippen LogP contribution in [0.1, 0.15) is 44.9 Å². The lowest BCUT2D eigenvalue weighted by Crippen LogP contribution is -2.39. The van der Waals surface area contributed by atoms with Gasteiger partial charge < -0.3 is 14.5 Å². The Morgan fingerprint density at radius 1 is 1.19 bits per heavy atom. The van der Waals surface area contributed by atoms with Gasteiger partial charge in [-0.1, -0.05) is 41.7 Å². The summed E-state index contributed by atoms with van der Waals surface area (Å²) in [4.78, 5) is 35.3. The predicted octanol–water partition coefficient (Wildman–Crippen LogP) is 4.07. The first-order valence-electron chi connectivity index (χ1n) is 11.9. The van der Waals surface area contributed by atoms with Gasteiger partial charge in [0.05, 0.1) is 34.6 Å². The number of allylic oxidation sites excluding steroid dienone is 1.